The number of benzene rings is 1. The third-order valence-corrected chi connectivity index (χ3v) is 4.83. The predicted octanol–water partition coefficient (Wildman–Crippen LogP) is 2.77. The highest BCUT2D eigenvalue weighted by atomic mass is 16.5. The van der Waals surface area contributed by atoms with Gasteiger partial charge in [-0.25, -0.2) is 0 Å². The van der Waals surface area contributed by atoms with Gasteiger partial charge in [-0.15, -0.1) is 0 Å². The van der Waals surface area contributed by atoms with Crippen LogP contribution in [0.1, 0.15) is 24.1 Å². The third-order valence-electron chi connectivity index (χ3n) is 4.83. The van der Waals surface area contributed by atoms with Gasteiger partial charge in [-0.05, 0) is 51.4 Å². The summed E-state index contributed by atoms with van der Waals surface area (Å²) in [4.78, 5) is 16.7. The minimum atomic E-state index is -0.0409. The van der Waals surface area contributed by atoms with Crippen molar-refractivity contribution >= 4 is 11.8 Å². The number of carbonyl (C=O) groups is 1. The minimum absolute atomic E-state index is 0.0409. The fraction of sp³-hybridized carbons (Fsp3) is 0.500. The lowest BCUT2D eigenvalue weighted by atomic mass is 9.96. The first-order valence-corrected chi connectivity index (χ1v) is 9.26. The van der Waals surface area contributed by atoms with Crippen LogP contribution in [-0.4, -0.2) is 54.1 Å². The van der Waals surface area contributed by atoms with E-state index < -0.39 is 0 Å². The molecule has 1 aromatic heterocycles. The Bertz CT molecular complexity index is 693. The number of carbonyl (C=O) groups excluding carboxylic acids is 1. The first kappa shape index (κ1) is 18.6. The fourth-order valence-electron chi connectivity index (χ4n) is 3.53. The summed E-state index contributed by atoms with van der Waals surface area (Å²) >= 11 is 0. The average molecular weight is 356 g/mol. The van der Waals surface area contributed by atoms with Gasteiger partial charge in [0.1, 0.15) is 0 Å². The van der Waals surface area contributed by atoms with E-state index in [-0.39, 0.29) is 5.91 Å². The van der Waals surface area contributed by atoms with Gasteiger partial charge in [-0.3, -0.25) is 15.0 Å². The summed E-state index contributed by atoms with van der Waals surface area (Å²) in [5, 5.41) is 6.54. The molecule has 1 aromatic carbocycles. The Labute approximate surface area is 155 Å². The molecule has 1 amide bonds. The first-order chi connectivity index (χ1) is 12.6. The van der Waals surface area contributed by atoms with Crippen molar-refractivity contribution in [3.05, 3.63) is 47.7 Å². The molecule has 1 N–H and O–H groups in total. The molecule has 0 aliphatic carbocycles. The molecule has 0 bridgehead atoms. The third kappa shape index (κ3) is 5.68. The summed E-state index contributed by atoms with van der Waals surface area (Å²) in [6, 6.07) is 12.3. The van der Waals surface area contributed by atoms with Crippen LogP contribution in [0.5, 0.6) is 0 Å². The van der Waals surface area contributed by atoms with Crippen molar-refractivity contribution in [3.63, 3.8) is 0 Å². The molecular formula is C20H28N4O2. The molecule has 1 aliphatic heterocycles. The van der Waals surface area contributed by atoms with Crippen LogP contribution >= 0.6 is 0 Å². The van der Waals surface area contributed by atoms with Crippen LogP contribution < -0.4 is 5.32 Å². The number of likely N-dealkylation sites (tertiary alicyclic amines) is 1. The Morgan fingerprint density at radius 1 is 1.31 bits per heavy atom. The molecule has 2 aromatic rings. The number of hydrogen-bond donors (Lipinski definition) is 1. The number of anilines is 1. The van der Waals surface area contributed by atoms with Gasteiger partial charge in [0.25, 0.3) is 0 Å². The second-order valence-electron chi connectivity index (χ2n) is 7.28. The molecule has 6 nitrogen and oxygen atoms in total. The van der Waals surface area contributed by atoms with Crippen molar-refractivity contribution in [2.75, 3.05) is 38.5 Å². The van der Waals surface area contributed by atoms with E-state index in [1.807, 2.05) is 6.92 Å². The maximum absolute atomic E-state index is 12.1. The van der Waals surface area contributed by atoms with Crippen molar-refractivity contribution in [1.29, 1.82) is 0 Å². The topological polar surface area (TPSA) is 61.6 Å². The van der Waals surface area contributed by atoms with Gasteiger partial charge in [0.05, 0.1) is 12.2 Å². The highest BCUT2D eigenvalue weighted by molar-refractivity contribution is 5.90. The molecule has 1 fully saturated rings. The summed E-state index contributed by atoms with van der Waals surface area (Å²) in [5.41, 5.74) is 2.12. The number of nitrogens with zero attached hydrogens (tertiary/aromatic N) is 3. The van der Waals surface area contributed by atoms with E-state index in [4.69, 9.17) is 4.52 Å². The first-order valence-electron chi connectivity index (χ1n) is 9.26. The normalized spacial score (nSPS) is 16.1. The quantitative estimate of drug-likeness (QED) is 0.827. The monoisotopic (exact) mass is 356 g/mol. The second kappa shape index (κ2) is 8.96. The Morgan fingerprint density at radius 3 is 2.69 bits per heavy atom. The van der Waals surface area contributed by atoms with Crippen LogP contribution in [0.15, 0.2) is 40.9 Å². The maximum atomic E-state index is 12.1. The van der Waals surface area contributed by atoms with E-state index in [1.165, 1.54) is 5.56 Å². The van der Waals surface area contributed by atoms with Crippen LogP contribution in [0, 0.1) is 12.8 Å². The Morgan fingerprint density at radius 2 is 2.04 bits per heavy atom. The molecule has 3 rings (SSSR count). The van der Waals surface area contributed by atoms with E-state index in [0.29, 0.717) is 18.3 Å². The zero-order valence-corrected chi connectivity index (χ0v) is 15.6. The average Bonchev–Trinajstić information content (AvgIpc) is 3.02. The fourth-order valence-corrected chi connectivity index (χ4v) is 3.53. The number of aromatic nitrogens is 1. The van der Waals surface area contributed by atoms with Crippen molar-refractivity contribution < 1.29 is 9.32 Å². The Kier molecular flexibility index (Phi) is 6.41. The van der Waals surface area contributed by atoms with E-state index in [9.17, 15) is 4.79 Å². The van der Waals surface area contributed by atoms with Gasteiger partial charge in [0, 0.05) is 19.2 Å². The zero-order chi connectivity index (χ0) is 18.4. The van der Waals surface area contributed by atoms with Gasteiger partial charge >= 0.3 is 0 Å². The number of nitrogens with one attached hydrogen (secondary N) is 1. The lowest BCUT2D eigenvalue weighted by Gasteiger charge is -2.33. The van der Waals surface area contributed by atoms with E-state index in [0.717, 1.165) is 44.7 Å². The summed E-state index contributed by atoms with van der Waals surface area (Å²) in [6.45, 7) is 6.26. The van der Waals surface area contributed by atoms with Crippen LogP contribution in [-0.2, 0) is 11.3 Å². The lowest BCUT2D eigenvalue weighted by Crippen LogP contribution is -2.41. The highest BCUT2D eigenvalue weighted by Crippen LogP contribution is 2.19. The van der Waals surface area contributed by atoms with E-state index in [1.54, 1.807) is 6.07 Å². The molecule has 0 unspecified atom stereocenters. The standard InChI is InChI=1S/C20H28N4O2/c1-16-12-20(26-22-16)21-19(25)15-24-10-8-18(9-11-24)14-23(2)13-17-6-4-3-5-7-17/h3-7,12,18H,8-11,13-15H2,1-2H3,(H,21,25). The molecule has 0 atom stereocenters. The van der Waals surface area contributed by atoms with Gasteiger partial charge in [0.2, 0.25) is 11.8 Å². The number of rotatable bonds is 7. The molecule has 2 heterocycles. The van der Waals surface area contributed by atoms with Crippen LogP contribution in [0.25, 0.3) is 0 Å². The molecule has 26 heavy (non-hydrogen) atoms. The largest absolute Gasteiger partial charge is 0.338 e. The summed E-state index contributed by atoms with van der Waals surface area (Å²) in [6.07, 6.45) is 2.27. The zero-order valence-electron chi connectivity index (χ0n) is 15.6. The predicted molar refractivity (Wildman–Crippen MR) is 102 cm³/mol. The van der Waals surface area contributed by atoms with Crippen molar-refractivity contribution in [3.8, 4) is 0 Å². The van der Waals surface area contributed by atoms with Gasteiger partial charge in [-0.2, -0.15) is 0 Å². The Hall–Kier alpha value is -2.18. The lowest BCUT2D eigenvalue weighted by molar-refractivity contribution is -0.117. The number of piperidine rings is 1. The number of amides is 1. The van der Waals surface area contributed by atoms with E-state index in [2.05, 4.69) is 57.7 Å². The molecule has 1 saturated heterocycles. The summed E-state index contributed by atoms with van der Waals surface area (Å²) in [7, 11) is 2.19. The minimum Gasteiger partial charge on any atom is -0.338 e. The molecule has 140 valence electrons. The van der Waals surface area contributed by atoms with Crippen LogP contribution in [0.4, 0.5) is 5.88 Å². The van der Waals surface area contributed by atoms with Crippen molar-refractivity contribution in [1.82, 2.24) is 15.0 Å². The maximum Gasteiger partial charge on any atom is 0.240 e. The number of hydrogen-bond acceptors (Lipinski definition) is 5. The molecule has 1 aliphatic rings. The summed E-state index contributed by atoms with van der Waals surface area (Å²) < 4.78 is 5.03. The van der Waals surface area contributed by atoms with Gasteiger partial charge in [-0.1, -0.05) is 35.5 Å². The summed E-state index contributed by atoms with van der Waals surface area (Å²) in [5.74, 6) is 1.07. The molecule has 0 spiro atoms. The van der Waals surface area contributed by atoms with Crippen LogP contribution in [0.3, 0.4) is 0 Å². The second-order valence-corrected chi connectivity index (χ2v) is 7.28. The van der Waals surface area contributed by atoms with Crippen molar-refractivity contribution in [2.45, 2.75) is 26.3 Å². The van der Waals surface area contributed by atoms with Crippen LogP contribution in [0.2, 0.25) is 0 Å². The molecule has 0 radical (unpaired) electrons. The Balaban J connectivity index is 1.36. The van der Waals surface area contributed by atoms with Gasteiger partial charge in [0.15, 0.2) is 0 Å². The smallest absolute Gasteiger partial charge is 0.240 e. The van der Waals surface area contributed by atoms with Crippen molar-refractivity contribution in [2.24, 2.45) is 5.92 Å². The number of aryl methyl sites for hydroxylation is 1. The molecule has 0 saturated carbocycles. The molecule has 6 heteroatoms. The molecular weight excluding hydrogens is 328 g/mol. The SMILES string of the molecule is Cc1cc(NC(=O)CN2CCC(CN(C)Cc3ccccc3)CC2)on1. The van der Waals surface area contributed by atoms with Gasteiger partial charge < -0.3 is 9.42 Å². The highest BCUT2D eigenvalue weighted by Gasteiger charge is 2.22. The van der Waals surface area contributed by atoms with E-state index >= 15 is 0 Å².